The maximum atomic E-state index is 12.4. The van der Waals surface area contributed by atoms with Gasteiger partial charge >= 0.3 is 5.97 Å². The molecular weight excluding hydrogens is 351 g/mol. The Kier molecular flexibility index (Phi) is 5.09. The number of hydrogen-bond acceptors (Lipinski definition) is 4. The fourth-order valence-corrected chi connectivity index (χ4v) is 2.72. The lowest BCUT2D eigenvalue weighted by Crippen LogP contribution is -2.07. The maximum absolute atomic E-state index is 12.4. The Morgan fingerprint density at radius 3 is 2.62 bits per heavy atom. The molecule has 3 aromatic rings. The van der Waals surface area contributed by atoms with Crippen LogP contribution in [0.1, 0.15) is 21.7 Å². The molecule has 0 saturated carbocycles. The van der Waals surface area contributed by atoms with Crippen LogP contribution >= 0.6 is 23.2 Å². The quantitative estimate of drug-likeness (QED) is 0.580. The van der Waals surface area contributed by atoms with Gasteiger partial charge in [0.05, 0.1) is 16.7 Å². The highest BCUT2D eigenvalue weighted by atomic mass is 35.5. The molecule has 0 aliphatic carbocycles. The standard InChI is InChI=1S/C18H14Cl2O4/c1-22-10-13-12-4-2-3-5-16(12)24-17(13)18(21)23-9-11-6-7-14(19)15(20)8-11/h2-8H,9-10H2,1H3. The number of benzene rings is 2. The molecule has 1 aromatic heterocycles. The van der Waals surface area contributed by atoms with Crippen molar-refractivity contribution in [2.24, 2.45) is 0 Å². The highest BCUT2D eigenvalue weighted by Crippen LogP contribution is 2.28. The van der Waals surface area contributed by atoms with Crippen molar-refractivity contribution in [3.05, 3.63) is 69.4 Å². The third kappa shape index (κ3) is 3.41. The lowest BCUT2D eigenvalue weighted by Gasteiger charge is -2.06. The molecule has 0 aliphatic rings. The highest BCUT2D eigenvalue weighted by molar-refractivity contribution is 6.42. The molecule has 0 bridgehead atoms. The van der Waals surface area contributed by atoms with Crippen LogP contribution in [0.3, 0.4) is 0 Å². The van der Waals surface area contributed by atoms with Crippen LogP contribution in [0.15, 0.2) is 46.9 Å². The zero-order valence-electron chi connectivity index (χ0n) is 12.8. The average Bonchev–Trinajstić information content (AvgIpc) is 2.95. The van der Waals surface area contributed by atoms with Crippen molar-refractivity contribution < 1.29 is 18.7 Å². The Bertz CT molecular complexity index is 886. The van der Waals surface area contributed by atoms with Gasteiger partial charge in [-0.1, -0.05) is 47.5 Å². The highest BCUT2D eigenvalue weighted by Gasteiger charge is 2.21. The van der Waals surface area contributed by atoms with Gasteiger partial charge in [0.1, 0.15) is 12.2 Å². The van der Waals surface area contributed by atoms with Crippen molar-refractivity contribution in [1.29, 1.82) is 0 Å². The number of carbonyl (C=O) groups is 1. The normalized spacial score (nSPS) is 11.0. The number of ether oxygens (including phenoxy) is 2. The number of carbonyl (C=O) groups excluding carboxylic acids is 1. The number of esters is 1. The molecule has 124 valence electrons. The molecule has 1 heterocycles. The van der Waals surface area contributed by atoms with E-state index in [-0.39, 0.29) is 19.0 Å². The maximum Gasteiger partial charge on any atom is 0.374 e. The van der Waals surface area contributed by atoms with Crippen molar-refractivity contribution >= 4 is 40.1 Å². The number of furan rings is 1. The van der Waals surface area contributed by atoms with Crippen molar-refractivity contribution in [1.82, 2.24) is 0 Å². The summed E-state index contributed by atoms with van der Waals surface area (Å²) in [5.74, 6) is -0.401. The number of methoxy groups -OCH3 is 1. The molecule has 0 spiro atoms. The summed E-state index contributed by atoms with van der Waals surface area (Å²) in [6.07, 6.45) is 0. The second-order valence-electron chi connectivity index (χ2n) is 5.16. The Morgan fingerprint density at radius 1 is 1.08 bits per heavy atom. The average molecular weight is 365 g/mol. The molecule has 4 nitrogen and oxygen atoms in total. The predicted octanol–water partition coefficient (Wildman–Crippen LogP) is 5.24. The molecule has 3 rings (SSSR count). The van der Waals surface area contributed by atoms with Crippen LogP contribution in [0, 0.1) is 0 Å². The smallest absolute Gasteiger partial charge is 0.374 e. The van der Waals surface area contributed by atoms with Gasteiger partial charge in [-0.15, -0.1) is 0 Å². The van der Waals surface area contributed by atoms with Gasteiger partial charge in [0.15, 0.2) is 0 Å². The van der Waals surface area contributed by atoms with E-state index in [1.165, 1.54) is 0 Å². The van der Waals surface area contributed by atoms with Crippen LogP contribution in [-0.4, -0.2) is 13.1 Å². The van der Waals surface area contributed by atoms with Gasteiger partial charge in [-0.05, 0) is 23.8 Å². The lowest BCUT2D eigenvalue weighted by atomic mass is 10.1. The van der Waals surface area contributed by atoms with E-state index in [1.54, 1.807) is 31.4 Å². The summed E-state index contributed by atoms with van der Waals surface area (Å²) >= 11 is 11.8. The fraction of sp³-hybridized carbons (Fsp3) is 0.167. The zero-order valence-corrected chi connectivity index (χ0v) is 14.4. The van der Waals surface area contributed by atoms with Crippen molar-refractivity contribution in [3.63, 3.8) is 0 Å². The van der Waals surface area contributed by atoms with Gasteiger partial charge in [0.25, 0.3) is 0 Å². The molecule has 0 N–H and O–H groups in total. The Balaban J connectivity index is 1.82. The second kappa shape index (κ2) is 7.26. The van der Waals surface area contributed by atoms with E-state index in [4.69, 9.17) is 37.1 Å². The minimum Gasteiger partial charge on any atom is -0.455 e. The van der Waals surface area contributed by atoms with E-state index in [9.17, 15) is 4.79 Å². The number of rotatable bonds is 5. The first-order valence-corrected chi connectivity index (χ1v) is 7.96. The second-order valence-corrected chi connectivity index (χ2v) is 5.98. The molecule has 24 heavy (non-hydrogen) atoms. The Morgan fingerprint density at radius 2 is 1.88 bits per heavy atom. The molecule has 0 saturated heterocycles. The van der Waals surface area contributed by atoms with Crippen LogP contribution in [0.25, 0.3) is 11.0 Å². The molecule has 0 aliphatic heterocycles. The summed E-state index contributed by atoms with van der Waals surface area (Å²) in [5.41, 5.74) is 2.03. The number of para-hydroxylation sites is 1. The SMILES string of the molecule is COCc1c(C(=O)OCc2ccc(Cl)c(Cl)c2)oc2ccccc12. The third-order valence-corrected chi connectivity index (χ3v) is 4.27. The monoisotopic (exact) mass is 364 g/mol. The summed E-state index contributed by atoms with van der Waals surface area (Å²) in [5, 5.41) is 1.70. The molecule has 0 unspecified atom stereocenters. The first-order chi connectivity index (χ1) is 11.6. The van der Waals surface area contributed by atoms with Crippen LogP contribution in [0.5, 0.6) is 0 Å². The summed E-state index contributed by atoms with van der Waals surface area (Å²) in [4.78, 5) is 12.4. The first-order valence-electron chi connectivity index (χ1n) is 7.20. The molecule has 0 atom stereocenters. The molecule has 0 fully saturated rings. The van der Waals surface area contributed by atoms with E-state index in [0.717, 1.165) is 10.9 Å². The van der Waals surface area contributed by atoms with E-state index < -0.39 is 5.97 Å². The predicted molar refractivity (Wildman–Crippen MR) is 92.5 cm³/mol. The van der Waals surface area contributed by atoms with Crippen molar-refractivity contribution in [3.8, 4) is 0 Å². The molecule has 0 radical (unpaired) electrons. The Labute approximate surface area is 148 Å². The van der Waals surface area contributed by atoms with Crippen molar-refractivity contribution in [2.75, 3.05) is 7.11 Å². The van der Waals surface area contributed by atoms with Gasteiger partial charge in [0.2, 0.25) is 5.76 Å². The van der Waals surface area contributed by atoms with E-state index >= 15 is 0 Å². The van der Waals surface area contributed by atoms with Crippen LogP contribution in [-0.2, 0) is 22.7 Å². The van der Waals surface area contributed by atoms with Gasteiger partial charge in [-0.2, -0.15) is 0 Å². The minimum atomic E-state index is -0.552. The minimum absolute atomic E-state index is 0.0686. The van der Waals surface area contributed by atoms with E-state index in [2.05, 4.69) is 0 Å². The van der Waals surface area contributed by atoms with Gasteiger partial charge in [-0.25, -0.2) is 4.79 Å². The van der Waals surface area contributed by atoms with Crippen molar-refractivity contribution in [2.45, 2.75) is 13.2 Å². The van der Waals surface area contributed by atoms with Gasteiger partial charge in [0, 0.05) is 18.1 Å². The van der Waals surface area contributed by atoms with Crippen LogP contribution < -0.4 is 0 Å². The van der Waals surface area contributed by atoms with Gasteiger partial charge in [-0.3, -0.25) is 0 Å². The topological polar surface area (TPSA) is 48.7 Å². The fourth-order valence-electron chi connectivity index (χ4n) is 2.40. The first kappa shape index (κ1) is 16.8. The van der Waals surface area contributed by atoms with Crippen LogP contribution in [0.2, 0.25) is 10.0 Å². The van der Waals surface area contributed by atoms with E-state index in [1.807, 2.05) is 18.2 Å². The Hall–Kier alpha value is -2.01. The lowest BCUT2D eigenvalue weighted by molar-refractivity contribution is 0.0432. The number of fused-ring (bicyclic) bond motifs is 1. The summed E-state index contributed by atoms with van der Waals surface area (Å²) in [7, 11) is 1.56. The molecule has 2 aromatic carbocycles. The third-order valence-electron chi connectivity index (χ3n) is 3.53. The molecule has 6 heteroatoms. The largest absolute Gasteiger partial charge is 0.455 e. The van der Waals surface area contributed by atoms with E-state index in [0.29, 0.717) is 21.2 Å². The van der Waals surface area contributed by atoms with Crippen LogP contribution in [0.4, 0.5) is 0 Å². The van der Waals surface area contributed by atoms with Gasteiger partial charge < -0.3 is 13.9 Å². The zero-order chi connectivity index (χ0) is 17.1. The number of hydrogen-bond donors (Lipinski definition) is 0. The summed E-state index contributed by atoms with van der Waals surface area (Å²) in [6, 6.07) is 12.5. The molecular formula is C18H14Cl2O4. The molecule has 0 amide bonds. The summed E-state index contributed by atoms with van der Waals surface area (Å²) < 4.78 is 16.2. The summed E-state index contributed by atoms with van der Waals surface area (Å²) in [6.45, 7) is 0.327. The number of halogens is 2.